The summed E-state index contributed by atoms with van der Waals surface area (Å²) in [6, 6.07) is 1.50. The first-order valence-corrected chi connectivity index (χ1v) is 7.01. The molecular weight excluding hydrogens is 294 g/mol. The maximum Gasteiger partial charge on any atom is 0.252 e. The van der Waals surface area contributed by atoms with Crippen LogP contribution < -0.4 is 5.56 Å². The lowest BCUT2D eigenvalue weighted by Crippen LogP contribution is -2.34. The van der Waals surface area contributed by atoms with E-state index in [9.17, 15) is 4.79 Å². The molecule has 0 aromatic carbocycles. The van der Waals surface area contributed by atoms with E-state index in [0.29, 0.717) is 10.4 Å². The Bertz CT molecular complexity index is 487. The molecule has 0 saturated carbocycles. The number of nitrogens with zero attached hydrogens (tertiary/aromatic N) is 2. The minimum absolute atomic E-state index is 0.142. The number of likely N-dealkylation sites (tertiary alicyclic amines) is 1. The van der Waals surface area contributed by atoms with Gasteiger partial charge in [-0.15, -0.1) is 0 Å². The van der Waals surface area contributed by atoms with E-state index in [0.717, 1.165) is 24.9 Å². The van der Waals surface area contributed by atoms with Crippen LogP contribution >= 0.6 is 15.9 Å². The van der Waals surface area contributed by atoms with E-state index in [2.05, 4.69) is 44.6 Å². The Hall–Kier alpha value is -1.10. The molecule has 1 saturated heterocycles. The molecule has 1 aliphatic rings. The van der Waals surface area contributed by atoms with Gasteiger partial charge in [0.1, 0.15) is 0 Å². The maximum atomic E-state index is 11.3. The van der Waals surface area contributed by atoms with Crippen molar-refractivity contribution in [2.45, 2.75) is 20.3 Å². The lowest BCUT2D eigenvalue weighted by Gasteiger charge is -2.34. The highest BCUT2D eigenvalue weighted by Crippen LogP contribution is 2.21. The van der Waals surface area contributed by atoms with Crippen LogP contribution in [-0.4, -0.2) is 28.0 Å². The number of nitrogens with one attached hydrogen (secondary N) is 1. The average molecular weight is 312 g/mol. The molecule has 0 spiro atoms. The summed E-state index contributed by atoms with van der Waals surface area (Å²) in [5.74, 6) is 1.44. The molecule has 2 atom stereocenters. The lowest BCUT2D eigenvalue weighted by atomic mass is 9.92. The maximum absolute atomic E-state index is 11.3. The summed E-state index contributed by atoms with van der Waals surface area (Å²) in [6.07, 6.45) is 5.23. The summed E-state index contributed by atoms with van der Waals surface area (Å²) in [5.41, 5.74) is 0.536. The Kier molecular flexibility index (Phi) is 4.22. The first kappa shape index (κ1) is 13.3. The van der Waals surface area contributed by atoms with Crippen molar-refractivity contribution in [2.75, 3.05) is 13.1 Å². The number of aromatic amines is 1. The Morgan fingerprint density at radius 1 is 1.44 bits per heavy atom. The van der Waals surface area contributed by atoms with E-state index in [1.165, 1.54) is 12.5 Å². The van der Waals surface area contributed by atoms with Gasteiger partial charge in [-0.2, -0.15) is 0 Å². The zero-order chi connectivity index (χ0) is 13.1. The highest BCUT2D eigenvalue weighted by atomic mass is 79.9. The quantitative estimate of drug-likeness (QED) is 0.854. The van der Waals surface area contributed by atoms with E-state index in [1.807, 2.05) is 12.3 Å². The van der Waals surface area contributed by atoms with Crippen molar-refractivity contribution in [1.29, 1.82) is 0 Å². The van der Waals surface area contributed by atoms with Gasteiger partial charge in [-0.05, 0) is 40.3 Å². The molecule has 0 aliphatic carbocycles. The zero-order valence-electron chi connectivity index (χ0n) is 10.7. The van der Waals surface area contributed by atoms with E-state index in [1.54, 1.807) is 0 Å². The van der Waals surface area contributed by atoms with Crippen molar-refractivity contribution >= 4 is 22.0 Å². The molecule has 1 fully saturated rings. The van der Waals surface area contributed by atoms with Crippen LogP contribution in [0, 0.1) is 11.8 Å². The second-order valence-electron chi connectivity index (χ2n) is 5.18. The number of hydrogen-bond donors (Lipinski definition) is 1. The minimum Gasteiger partial charge on any atom is -0.377 e. The molecule has 1 N–H and O–H groups in total. The molecule has 2 heterocycles. The van der Waals surface area contributed by atoms with Gasteiger partial charge in [0.25, 0.3) is 5.56 Å². The van der Waals surface area contributed by atoms with Gasteiger partial charge in [0.2, 0.25) is 0 Å². The normalized spacial score (nSPS) is 24.7. The topological polar surface area (TPSA) is 49.0 Å². The third kappa shape index (κ3) is 3.70. The van der Waals surface area contributed by atoms with E-state index < -0.39 is 0 Å². The minimum atomic E-state index is -0.142. The molecule has 2 rings (SSSR count). The van der Waals surface area contributed by atoms with Crippen LogP contribution in [0.2, 0.25) is 0 Å². The van der Waals surface area contributed by atoms with Crippen LogP contribution in [0.5, 0.6) is 0 Å². The lowest BCUT2D eigenvalue weighted by molar-refractivity contribution is 0.193. The van der Waals surface area contributed by atoms with Crippen molar-refractivity contribution in [1.82, 2.24) is 14.9 Å². The number of piperidine rings is 1. The van der Waals surface area contributed by atoms with Crippen LogP contribution in [0.4, 0.5) is 0 Å². The smallest absolute Gasteiger partial charge is 0.252 e. The summed E-state index contributed by atoms with van der Waals surface area (Å²) in [6.45, 7) is 6.70. The van der Waals surface area contributed by atoms with Gasteiger partial charge in [0, 0.05) is 25.4 Å². The molecule has 5 heteroatoms. The molecule has 0 bridgehead atoms. The summed E-state index contributed by atoms with van der Waals surface area (Å²) >= 11 is 3.18. The van der Waals surface area contributed by atoms with Crippen molar-refractivity contribution in [2.24, 2.45) is 11.8 Å². The molecule has 1 aromatic heterocycles. The van der Waals surface area contributed by atoms with Crippen molar-refractivity contribution in [3.63, 3.8) is 0 Å². The Morgan fingerprint density at radius 2 is 2.11 bits per heavy atom. The fourth-order valence-electron chi connectivity index (χ4n) is 2.55. The van der Waals surface area contributed by atoms with Gasteiger partial charge in [0.05, 0.1) is 5.69 Å². The first-order chi connectivity index (χ1) is 8.52. The fraction of sp³-hybridized carbons (Fsp3) is 0.538. The molecule has 0 radical (unpaired) electrons. The van der Waals surface area contributed by atoms with E-state index >= 15 is 0 Å². The second kappa shape index (κ2) is 5.69. The number of hydrogen-bond acceptors (Lipinski definition) is 3. The average Bonchev–Trinajstić information content (AvgIpc) is 2.23. The van der Waals surface area contributed by atoms with Crippen LogP contribution in [0.3, 0.4) is 0 Å². The Balaban J connectivity index is 2.08. The summed E-state index contributed by atoms with van der Waals surface area (Å²) < 4.78 is 0.468. The highest BCUT2D eigenvalue weighted by Gasteiger charge is 2.19. The van der Waals surface area contributed by atoms with E-state index in [4.69, 9.17) is 0 Å². The Morgan fingerprint density at radius 3 is 2.72 bits per heavy atom. The van der Waals surface area contributed by atoms with Crippen LogP contribution in [0.25, 0.3) is 6.08 Å². The van der Waals surface area contributed by atoms with Crippen molar-refractivity contribution in [3.8, 4) is 0 Å². The summed E-state index contributed by atoms with van der Waals surface area (Å²) in [4.78, 5) is 20.4. The Labute approximate surface area is 115 Å². The van der Waals surface area contributed by atoms with Crippen molar-refractivity contribution in [3.05, 3.63) is 33.0 Å². The molecule has 4 nitrogen and oxygen atoms in total. The molecular formula is C13H18BrN3O. The number of halogens is 1. The largest absolute Gasteiger partial charge is 0.377 e. The van der Waals surface area contributed by atoms with Gasteiger partial charge in [0.15, 0.2) is 4.73 Å². The van der Waals surface area contributed by atoms with Gasteiger partial charge in [-0.1, -0.05) is 13.8 Å². The zero-order valence-corrected chi connectivity index (χ0v) is 12.3. The molecule has 18 heavy (non-hydrogen) atoms. The molecule has 1 aliphatic heterocycles. The number of H-pyrrole nitrogens is 1. The third-order valence-corrected chi connectivity index (χ3v) is 3.46. The first-order valence-electron chi connectivity index (χ1n) is 6.22. The van der Waals surface area contributed by atoms with E-state index in [-0.39, 0.29) is 5.56 Å². The van der Waals surface area contributed by atoms with Gasteiger partial charge in [-0.3, -0.25) is 4.79 Å². The van der Waals surface area contributed by atoms with Crippen LogP contribution in [-0.2, 0) is 0 Å². The SMILES string of the molecule is CC1CC(C)CN(/C=C/c2cc(=O)[nH]c(Br)n2)C1. The van der Waals surface area contributed by atoms with Gasteiger partial charge >= 0.3 is 0 Å². The predicted molar refractivity (Wildman–Crippen MR) is 76.1 cm³/mol. The number of rotatable bonds is 2. The third-order valence-electron chi connectivity index (χ3n) is 3.09. The molecule has 0 amide bonds. The van der Waals surface area contributed by atoms with Gasteiger partial charge in [-0.25, -0.2) is 4.98 Å². The molecule has 1 aromatic rings. The summed E-state index contributed by atoms with van der Waals surface area (Å²) in [5, 5.41) is 0. The van der Waals surface area contributed by atoms with Crippen molar-refractivity contribution < 1.29 is 0 Å². The summed E-state index contributed by atoms with van der Waals surface area (Å²) in [7, 11) is 0. The van der Waals surface area contributed by atoms with Gasteiger partial charge < -0.3 is 9.88 Å². The highest BCUT2D eigenvalue weighted by molar-refractivity contribution is 9.10. The molecule has 2 unspecified atom stereocenters. The monoisotopic (exact) mass is 311 g/mol. The van der Waals surface area contributed by atoms with Crippen LogP contribution in [0.15, 0.2) is 21.8 Å². The fourth-order valence-corrected chi connectivity index (χ4v) is 2.95. The standard InChI is InChI=1S/C13H18BrN3O/c1-9-5-10(2)8-17(7-9)4-3-11-6-12(18)16-13(14)15-11/h3-4,6,9-10H,5,7-8H2,1-2H3,(H,15,16,18)/b4-3+. The second-order valence-corrected chi connectivity index (χ2v) is 5.93. The van der Waals surface area contributed by atoms with Crippen LogP contribution in [0.1, 0.15) is 26.0 Å². The number of aromatic nitrogens is 2. The molecule has 98 valence electrons. The predicted octanol–water partition coefficient (Wildman–Crippen LogP) is 2.48.